The van der Waals surface area contributed by atoms with Crippen molar-refractivity contribution in [3.63, 3.8) is 0 Å². The Kier molecular flexibility index (Phi) is 6.14. The molecule has 2 aromatic heterocycles. The minimum absolute atomic E-state index is 0.150. The molecule has 6 nitrogen and oxygen atoms in total. The first-order valence-electron chi connectivity index (χ1n) is 10.5. The van der Waals surface area contributed by atoms with Crippen molar-refractivity contribution in [1.82, 2.24) is 9.78 Å². The van der Waals surface area contributed by atoms with Crippen LogP contribution >= 0.6 is 15.9 Å². The van der Waals surface area contributed by atoms with Crippen molar-refractivity contribution >= 4 is 38.4 Å². The highest BCUT2D eigenvalue weighted by molar-refractivity contribution is 9.10. The first-order chi connectivity index (χ1) is 16.5. The summed E-state index contributed by atoms with van der Waals surface area (Å²) in [7, 11) is 0. The number of fused-ring (bicyclic) bond motifs is 1. The molecule has 0 spiro atoms. The molecule has 8 heteroatoms. The van der Waals surface area contributed by atoms with Gasteiger partial charge in [0.15, 0.2) is 11.6 Å². The molecule has 0 aliphatic rings. The number of carbonyl (C=O) groups excluding carboxylic acids is 1. The minimum atomic E-state index is -0.426. The maximum Gasteiger partial charge on any atom is 0.292 e. The van der Waals surface area contributed by atoms with Crippen molar-refractivity contribution in [2.24, 2.45) is 0 Å². The molecule has 0 saturated carbocycles. The second-order valence-corrected chi connectivity index (χ2v) is 8.52. The lowest BCUT2D eigenvalue weighted by molar-refractivity contribution is 0.0992. The molecule has 1 amide bonds. The summed E-state index contributed by atoms with van der Waals surface area (Å²) in [6.45, 7) is 0.632. The fourth-order valence-corrected chi connectivity index (χ4v) is 3.91. The standard InChI is InChI=1S/C26H19BrFN3O3/c27-23-15-31(14-17-5-8-20(28)9-6-17)30-25(23)29-26(32)24-12-11-22(34-24)16-33-21-10-7-18-3-1-2-4-19(18)13-21/h1-13,15H,14,16H2,(H,29,30,32). The van der Waals surface area contributed by atoms with Crippen molar-refractivity contribution in [3.8, 4) is 5.75 Å². The van der Waals surface area contributed by atoms with Gasteiger partial charge in [0, 0.05) is 6.20 Å². The van der Waals surface area contributed by atoms with Crippen molar-refractivity contribution in [3.05, 3.63) is 112 Å². The molecule has 34 heavy (non-hydrogen) atoms. The molecule has 2 heterocycles. The van der Waals surface area contributed by atoms with Gasteiger partial charge in [-0.2, -0.15) is 5.10 Å². The average molecular weight is 520 g/mol. The fourth-order valence-electron chi connectivity index (χ4n) is 3.50. The summed E-state index contributed by atoms with van der Waals surface area (Å²) in [5, 5.41) is 9.34. The van der Waals surface area contributed by atoms with Crippen LogP contribution in [0.4, 0.5) is 10.2 Å². The van der Waals surface area contributed by atoms with Crippen LogP contribution in [0.5, 0.6) is 5.75 Å². The second kappa shape index (κ2) is 9.52. The maximum absolute atomic E-state index is 13.1. The van der Waals surface area contributed by atoms with Crippen LogP contribution in [-0.2, 0) is 13.2 Å². The van der Waals surface area contributed by atoms with E-state index in [4.69, 9.17) is 9.15 Å². The van der Waals surface area contributed by atoms with E-state index in [1.165, 1.54) is 12.1 Å². The van der Waals surface area contributed by atoms with Crippen molar-refractivity contribution in [2.75, 3.05) is 5.32 Å². The predicted octanol–water partition coefficient (Wildman–Crippen LogP) is 6.41. The van der Waals surface area contributed by atoms with Crippen LogP contribution in [-0.4, -0.2) is 15.7 Å². The molecular formula is C26H19BrFN3O3. The largest absolute Gasteiger partial charge is 0.486 e. The molecule has 3 aromatic carbocycles. The summed E-state index contributed by atoms with van der Waals surface area (Å²) < 4.78 is 26.9. The molecule has 170 valence electrons. The van der Waals surface area contributed by atoms with Crippen molar-refractivity contribution in [1.29, 1.82) is 0 Å². The van der Waals surface area contributed by atoms with E-state index in [0.29, 0.717) is 22.6 Å². The highest BCUT2D eigenvalue weighted by Gasteiger charge is 2.16. The second-order valence-electron chi connectivity index (χ2n) is 7.67. The van der Waals surface area contributed by atoms with E-state index in [1.807, 2.05) is 42.5 Å². The number of carbonyl (C=O) groups is 1. The number of hydrogen-bond acceptors (Lipinski definition) is 4. The lowest BCUT2D eigenvalue weighted by Crippen LogP contribution is -2.12. The number of hydrogen-bond donors (Lipinski definition) is 1. The van der Waals surface area contributed by atoms with Crippen LogP contribution < -0.4 is 10.1 Å². The zero-order valence-electron chi connectivity index (χ0n) is 17.9. The van der Waals surface area contributed by atoms with E-state index >= 15 is 0 Å². The quantitative estimate of drug-likeness (QED) is 0.269. The summed E-state index contributed by atoms with van der Waals surface area (Å²) in [6.07, 6.45) is 1.74. The predicted molar refractivity (Wildman–Crippen MR) is 130 cm³/mol. The normalized spacial score (nSPS) is 11.0. The SMILES string of the molecule is O=C(Nc1nn(Cc2ccc(F)cc2)cc1Br)c1ccc(COc2ccc3ccccc3c2)o1. The number of furan rings is 1. The third-order valence-corrected chi connectivity index (χ3v) is 5.77. The topological polar surface area (TPSA) is 69.3 Å². The summed E-state index contributed by atoms with van der Waals surface area (Å²) in [4.78, 5) is 12.6. The number of anilines is 1. The van der Waals surface area contributed by atoms with Crippen LogP contribution in [0.25, 0.3) is 10.8 Å². The molecule has 1 N–H and O–H groups in total. The number of amides is 1. The third-order valence-electron chi connectivity index (χ3n) is 5.19. The smallest absolute Gasteiger partial charge is 0.292 e. The van der Waals surface area contributed by atoms with Gasteiger partial charge in [-0.15, -0.1) is 0 Å². The van der Waals surface area contributed by atoms with Crippen LogP contribution in [0, 0.1) is 5.82 Å². The van der Waals surface area contributed by atoms with E-state index in [-0.39, 0.29) is 18.2 Å². The Hall–Kier alpha value is -3.91. The van der Waals surface area contributed by atoms with Gasteiger partial charge in [0.25, 0.3) is 5.91 Å². The van der Waals surface area contributed by atoms with Crippen molar-refractivity contribution in [2.45, 2.75) is 13.2 Å². The molecule has 5 aromatic rings. The Morgan fingerprint density at radius 3 is 2.65 bits per heavy atom. The van der Waals surface area contributed by atoms with Gasteiger partial charge in [-0.3, -0.25) is 9.48 Å². The minimum Gasteiger partial charge on any atom is -0.486 e. The zero-order chi connectivity index (χ0) is 23.5. The average Bonchev–Trinajstić information content (AvgIpc) is 3.45. The molecule has 0 radical (unpaired) electrons. The molecule has 5 rings (SSSR count). The van der Waals surface area contributed by atoms with Crippen molar-refractivity contribution < 1.29 is 18.3 Å². The Labute approximate surface area is 203 Å². The lowest BCUT2D eigenvalue weighted by atomic mass is 10.1. The summed E-state index contributed by atoms with van der Waals surface area (Å²) in [6, 6.07) is 23.4. The molecule has 0 aliphatic carbocycles. The van der Waals surface area contributed by atoms with Gasteiger partial charge in [-0.25, -0.2) is 4.39 Å². The highest BCUT2D eigenvalue weighted by Crippen LogP contribution is 2.24. The number of aromatic nitrogens is 2. The van der Waals surface area contributed by atoms with E-state index < -0.39 is 5.91 Å². The van der Waals surface area contributed by atoms with Gasteiger partial charge >= 0.3 is 0 Å². The van der Waals surface area contributed by atoms with Crippen LogP contribution in [0.1, 0.15) is 21.9 Å². The van der Waals surface area contributed by atoms with Gasteiger partial charge < -0.3 is 14.5 Å². The van der Waals surface area contributed by atoms with E-state index in [9.17, 15) is 9.18 Å². The summed E-state index contributed by atoms with van der Waals surface area (Å²) in [5.41, 5.74) is 0.886. The molecule has 0 fully saturated rings. The van der Waals surface area contributed by atoms with Gasteiger partial charge in [0.2, 0.25) is 0 Å². The Bertz CT molecular complexity index is 1460. The van der Waals surface area contributed by atoms with Gasteiger partial charge in [0.05, 0.1) is 11.0 Å². The number of rotatable bonds is 7. The Morgan fingerprint density at radius 2 is 1.82 bits per heavy atom. The zero-order valence-corrected chi connectivity index (χ0v) is 19.5. The third kappa shape index (κ3) is 5.02. The highest BCUT2D eigenvalue weighted by atomic mass is 79.9. The molecule has 0 atom stereocenters. The van der Waals surface area contributed by atoms with Crippen LogP contribution in [0.15, 0.2) is 93.9 Å². The first-order valence-corrected chi connectivity index (χ1v) is 11.3. The van der Waals surface area contributed by atoms with E-state index in [2.05, 4.69) is 26.3 Å². The molecular weight excluding hydrogens is 501 g/mol. The number of nitrogens with zero attached hydrogens (tertiary/aromatic N) is 2. The first kappa shape index (κ1) is 21.9. The number of benzene rings is 3. The number of ether oxygens (including phenoxy) is 1. The van der Waals surface area contributed by atoms with Gasteiger partial charge in [-0.05, 0) is 68.7 Å². The molecule has 0 bridgehead atoms. The van der Waals surface area contributed by atoms with Gasteiger partial charge in [-0.1, -0.05) is 42.5 Å². The maximum atomic E-state index is 13.1. The number of nitrogens with one attached hydrogen (secondary N) is 1. The van der Waals surface area contributed by atoms with Crippen LogP contribution in [0.2, 0.25) is 0 Å². The molecule has 0 aliphatic heterocycles. The Balaban J connectivity index is 1.20. The van der Waals surface area contributed by atoms with Crippen LogP contribution in [0.3, 0.4) is 0 Å². The number of halogens is 2. The van der Waals surface area contributed by atoms with E-state index in [0.717, 1.165) is 22.1 Å². The summed E-state index contributed by atoms with van der Waals surface area (Å²) >= 11 is 3.41. The molecule has 0 saturated heterocycles. The fraction of sp³-hybridized carbons (Fsp3) is 0.0769. The van der Waals surface area contributed by atoms with Gasteiger partial charge in [0.1, 0.15) is 23.9 Å². The lowest BCUT2D eigenvalue weighted by Gasteiger charge is -2.06. The van der Waals surface area contributed by atoms with E-state index in [1.54, 1.807) is 35.1 Å². The Morgan fingerprint density at radius 1 is 1.03 bits per heavy atom. The molecule has 0 unspecified atom stereocenters. The summed E-state index contributed by atoms with van der Waals surface area (Å²) in [5.74, 6) is 1.04. The monoisotopic (exact) mass is 519 g/mol.